The summed E-state index contributed by atoms with van der Waals surface area (Å²) in [7, 11) is -4.01. The van der Waals surface area contributed by atoms with E-state index in [-0.39, 0.29) is 18.5 Å². The van der Waals surface area contributed by atoms with Gasteiger partial charge in [-0.25, -0.2) is 8.42 Å². The van der Waals surface area contributed by atoms with Gasteiger partial charge in [0.05, 0.1) is 18.3 Å². The minimum atomic E-state index is -4.01. The number of hydrogen-bond donors (Lipinski definition) is 3. The topological polar surface area (TPSA) is 135 Å². The molecule has 1 atom stereocenters. The first-order valence-corrected chi connectivity index (χ1v) is 13.7. The number of sulfonamides is 1. The number of nitrogens with zero attached hydrogens (tertiary/aromatic N) is 1. The summed E-state index contributed by atoms with van der Waals surface area (Å²) in [5.74, 6) is -0.855. The molecule has 4 rings (SSSR count). The van der Waals surface area contributed by atoms with E-state index in [2.05, 4.69) is 5.32 Å². The maximum absolute atomic E-state index is 13.4. The molecule has 2 aromatic rings. The van der Waals surface area contributed by atoms with Crippen LogP contribution in [0.5, 0.6) is 5.75 Å². The molecule has 1 saturated heterocycles. The Bertz CT molecular complexity index is 1250. The molecule has 0 bridgehead atoms. The van der Waals surface area contributed by atoms with Crippen LogP contribution in [-0.2, 0) is 26.0 Å². The lowest BCUT2D eigenvalue weighted by Gasteiger charge is -2.25. The van der Waals surface area contributed by atoms with Gasteiger partial charge in [0.25, 0.3) is 0 Å². The molecule has 0 amide bonds. The first kappa shape index (κ1) is 25.7. The van der Waals surface area contributed by atoms with Gasteiger partial charge >= 0.3 is 5.97 Å². The van der Waals surface area contributed by atoms with Crippen molar-refractivity contribution in [3.8, 4) is 5.75 Å². The van der Waals surface area contributed by atoms with Crippen LogP contribution in [0.4, 0.5) is 5.69 Å². The van der Waals surface area contributed by atoms with Gasteiger partial charge in [-0.15, -0.1) is 0 Å². The average Bonchev–Trinajstić information content (AvgIpc) is 3.22. The maximum Gasteiger partial charge on any atom is 0.323 e. The molecule has 0 radical (unpaired) electrons. The molecule has 2 aliphatic heterocycles. The highest BCUT2D eigenvalue weighted by Gasteiger charge is 2.38. The van der Waals surface area contributed by atoms with Gasteiger partial charge < -0.3 is 20.5 Å². The van der Waals surface area contributed by atoms with Crippen LogP contribution in [0.2, 0.25) is 0 Å². The molecular weight excluding hydrogens is 480 g/mol. The van der Waals surface area contributed by atoms with Crippen molar-refractivity contribution in [1.29, 1.82) is 5.41 Å². The van der Waals surface area contributed by atoms with Crippen molar-refractivity contribution in [1.82, 2.24) is 5.32 Å². The van der Waals surface area contributed by atoms with Gasteiger partial charge in [0.15, 0.2) is 5.75 Å². The molecule has 192 valence electrons. The van der Waals surface area contributed by atoms with Crippen LogP contribution in [-0.4, -0.2) is 57.8 Å². The van der Waals surface area contributed by atoms with Gasteiger partial charge in [-0.1, -0.05) is 30.4 Å². The lowest BCUT2D eigenvalue weighted by Crippen LogP contribution is -2.40. The monoisotopic (exact) mass is 512 g/mol. The molecule has 36 heavy (non-hydrogen) atoms. The SMILES string of the molecule is CCOC(=O)CS(=O)(=O)N1c2ccc(OC3CCNCC3)cc2CC1/C=C/c1cccc(C(=N)N)c1. The van der Waals surface area contributed by atoms with E-state index in [4.69, 9.17) is 20.6 Å². The molecule has 10 heteroatoms. The number of piperidine rings is 1. The Hall–Kier alpha value is -3.37. The van der Waals surface area contributed by atoms with Gasteiger partial charge in [-0.3, -0.25) is 14.5 Å². The zero-order valence-corrected chi connectivity index (χ0v) is 21.1. The Morgan fingerprint density at radius 2 is 2.00 bits per heavy atom. The van der Waals surface area contributed by atoms with Crippen molar-refractivity contribution in [2.24, 2.45) is 5.73 Å². The van der Waals surface area contributed by atoms with Crippen molar-refractivity contribution in [3.05, 3.63) is 65.2 Å². The number of carbonyl (C=O) groups is 1. The molecule has 1 fully saturated rings. The fraction of sp³-hybridized carbons (Fsp3) is 0.385. The summed E-state index contributed by atoms with van der Waals surface area (Å²) in [5.41, 5.74) is 8.34. The van der Waals surface area contributed by atoms with E-state index < -0.39 is 27.8 Å². The Morgan fingerprint density at radius 1 is 1.22 bits per heavy atom. The van der Waals surface area contributed by atoms with Crippen molar-refractivity contribution < 1.29 is 22.7 Å². The van der Waals surface area contributed by atoms with E-state index in [1.54, 1.807) is 43.3 Å². The third-order valence-corrected chi connectivity index (χ3v) is 7.89. The Kier molecular flexibility index (Phi) is 7.95. The summed E-state index contributed by atoms with van der Waals surface area (Å²) in [6, 6.07) is 12.1. The number of nitrogens with one attached hydrogen (secondary N) is 2. The van der Waals surface area contributed by atoms with Crippen LogP contribution in [0.25, 0.3) is 6.08 Å². The minimum absolute atomic E-state index is 0.0431. The predicted molar refractivity (Wildman–Crippen MR) is 140 cm³/mol. The van der Waals surface area contributed by atoms with E-state index in [1.165, 1.54) is 4.31 Å². The fourth-order valence-corrected chi connectivity index (χ4v) is 6.12. The Labute approximate surface area is 211 Å². The summed E-state index contributed by atoms with van der Waals surface area (Å²) >= 11 is 0. The third kappa shape index (κ3) is 6.06. The fourth-order valence-electron chi connectivity index (χ4n) is 4.56. The normalized spacial score (nSPS) is 18.2. The van der Waals surface area contributed by atoms with Crippen molar-refractivity contribution >= 4 is 33.6 Å². The van der Waals surface area contributed by atoms with E-state index in [0.717, 1.165) is 37.1 Å². The number of nitrogen functional groups attached to an aromatic ring is 1. The number of esters is 1. The van der Waals surface area contributed by atoms with Crippen LogP contribution in [0.3, 0.4) is 0 Å². The van der Waals surface area contributed by atoms with Crippen LogP contribution >= 0.6 is 0 Å². The van der Waals surface area contributed by atoms with Gasteiger partial charge in [0.1, 0.15) is 17.7 Å². The molecule has 0 aliphatic carbocycles. The van der Waals surface area contributed by atoms with Crippen LogP contribution in [0, 0.1) is 5.41 Å². The lowest BCUT2D eigenvalue weighted by atomic mass is 10.1. The number of rotatable bonds is 9. The molecule has 0 saturated carbocycles. The largest absolute Gasteiger partial charge is 0.490 e. The highest BCUT2D eigenvalue weighted by molar-refractivity contribution is 7.93. The van der Waals surface area contributed by atoms with Gasteiger partial charge in [0.2, 0.25) is 10.0 Å². The van der Waals surface area contributed by atoms with E-state index in [9.17, 15) is 13.2 Å². The molecule has 0 aromatic heterocycles. The summed E-state index contributed by atoms with van der Waals surface area (Å²) in [5, 5.41) is 11.0. The van der Waals surface area contributed by atoms with Crippen LogP contribution < -0.4 is 20.1 Å². The second-order valence-corrected chi connectivity index (χ2v) is 10.7. The molecule has 4 N–H and O–H groups in total. The number of carbonyl (C=O) groups excluding carboxylic acids is 1. The molecule has 2 heterocycles. The second-order valence-electron chi connectivity index (χ2n) is 8.88. The van der Waals surface area contributed by atoms with Crippen molar-refractivity contribution in [2.45, 2.75) is 38.3 Å². The average molecular weight is 513 g/mol. The van der Waals surface area contributed by atoms with E-state index in [0.29, 0.717) is 23.4 Å². The molecule has 9 nitrogen and oxygen atoms in total. The first-order valence-electron chi connectivity index (χ1n) is 12.1. The summed E-state index contributed by atoms with van der Waals surface area (Å²) < 4.78 is 39.1. The molecule has 0 spiro atoms. The van der Waals surface area contributed by atoms with Crippen molar-refractivity contribution in [3.63, 3.8) is 0 Å². The zero-order chi connectivity index (χ0) is 25.7. The quantitative estimate of drug-likeness (QED) is 0.267. The molecule has 2 aliphatic rings. The molecule has 1 unspecified atom stereocenters. The summed E-state index contributed by atoms with van der Waals surface area (Å²) in [6.07, 6.45) is 6.00. The van der Waals surface area contributed by atoms with E-state index in [1.807, 2.05) is 18.2 Å². The van der Waals surface area contributed by atoms with Gasteiger partial charge in [-0.2, -0.15) is 0 Å². The second kappa shape index (κ2) is 11.1. The van der Waals surface area contributed by atoms with Gasteiger partial charge in [0, 0.05) is 5.56 Å². The van der Waals surface area contributed by atoms with Crippen molar-refractivity contribution in [2.75, 3.05) is 29.8 Å². The highest BCUT2D eigenvalue weighted by Crippen LogP contribution is 2.38. The number of amidine groups is 1. The first-order chi connectivity index (χ1) is 17.3. The number of hydrogen-bond acceptors (Lipinski definition) is 7. The summed E-state index contributed by atoms with van der Waals surface area (Å²) in [6.45, 7) is 3.57. The zero-order valence-electron chi connectivity index (χ0n) is 20.3. The predicted octanol–water partition coefficient (Wildman–Crippen LogP) is 2.44. The maximum atomic E-state index is 13.4. The Morgan fingerprint density at radius 3 is 2.72 bits per heavy atom. The highest BCUT2D eigenvalue weighted by atomic mass is 32.2. The number of benzene rings is 2. The number of anilines is 1. The smallest absolute Gasteiger partial charge is 0.323 e. The molecular formula is C26H32N4O5S. The number of ether oxygens (including phenoxy) is 2. The summed E-state index contributed by atoms with van der Waals surface area (Å²) in [4.78, 5) is 12.1. The minimum Gasteiger partial charge on any atom is -0.490 e. The van der Waals surface area contributed by atoms with Crippen LogP contribution in [0.1, 0.15) is 36.5 Å². The number of fused-ring (bicyclic) bond motifs is 1. The van der Waals surface area contributed by atoms with E-state index >= 15 is 0 Å². The number of nitrogens with two attached hydrogens (primary N) is 1. The molecule has 2 aromatic carbocycles. The van der Waals surface area contributed by atoms with Gasteiger partial charge in [-0.05, 0) is 74.7 Å². The third-order valence-electron chi connectivity index (χ3n) is 6.22. The Balaban J connectivity index is 1.63. The standard InChI is InChI=1S/C26H32N4O5S/c1-2-34-25(31)17-36(32,33)30-21(7-6-18-4-3-5-19(14-18)26(27)28)15-20-16-23(8-9-24(20)30)35-22-10-12-29-13-11-22/h3-9,14,16,21-22,29H,2,10-13,15,17H2,1H3,(H3,27,28)/b7-6+. The lowest BCUT2D eigenvalue weighted by molar-refractivity contribution is -0.139. The van der Waals surface area contributed by atoms with Crippen LogP contribution in [0.15, 0.2) is 48.5 Å².